The maximum Gasteiger partial charge on any atom is 0.276 e. The highest BCUT2D eigenvalue weighted by atomic mass is 32.2. The highest BCUT2D eigenvalue weighted by Crippen LogP contribution is 2.21. The highest BCUT2D eigenvalue weighted by molar-refractivity contribution is 7.89. The molecule has 0 aliphatic carbocycles. The van der Waals surface area contributed by atoms with Crippen LogP contribution in [0.2, 0.25) is 0 Å². The topological polar surface area (TPSA) is 101 Å². The lowest BCUT2D eigenvalue weighted by Crippen LogP contribution is -2.52. The first-order valence-corrected chi connectivity index (χ1v) is 8.80. The lowest BCUT2D eigenvalue weighted by Gasteiger charge is -2.32. The van der Waals surface area contributed by atoms with E-state index < -0.39 is 36.8 Å². The van der Waals surface area contributed by atoms with Crippen LogP contribution in [0.5, 0.6) is 0 Å². The molecule has 11 heteroatoms. The quantitative estimate of drug-likeness (QED) is 0.799. The molecule has 0 aromatic heterocycles. The Bertz CT molecular complexity index is 744. The fraction of sp³-hybridized carbons (Fsp3) is 0.400. The predicted octanol–water partition coefficient (Wildman–Crippen LogP) is -0.525. The summed E-state index contributed by atoms with van der Waals surface area (Å²) >= 11 is 0. The maximum atomic E-state index is 13.6. The van der Waals surface area contributed by atoms with Crippen LogP contribution in [0.1, 0.15) is 0 Å². The molecule has 1 aromatic carbocycles. The molecule has 2 N–H and O–H groups in total. The smallest absolute Gasteiger partial charge is 0.216 e. The standard InChI is InChI=1S/C10H13F2N3O4S2/c11-8-1-2-9(12)10(7-8)20(16,17)14-3-5-15(6-4-14)21(13,18)19/h1-2,7H,3-6H2,(H2,13,18,19). The van der Waals surface area contributed by atoms with Crippen molar-refractivity contribution in [3.63, 3.8) is 0 Å². The third-order valence-electron chi connectivity index (χ3n) is 3.07. The van der Waals surface area contributed by atoms with Gasteiger partial charge in [-0.3, -0.25) is 0 Å². The van der Waals surface area contributed by atoms with E-state index in [1.54, 1.807) is 0 Å². The highest BCUT2D eigenvalue weighted by Gasteiger charge is 2.33. The molecule has 1 heterocycles. The van der Waals surface area contributed by atoms with Gasteiger partial charge in [0, 0.05) is 26.2 Å². The van der Waals surface area contributed by atoms with E-state index in [9.17, 15) is 25.6 Å². The normalized spacial score (nSPS) is 18.8. The average molecular weight is 341 g/mol. The minimum atomic E-state index is -4.23. The van der Waals surface area contributed by atoms with Gasteiger partial charge in [-0.1, -0.05) is 0 Å². The third-order valence-corrected chi connectivity index (χ3v) is 6.07. The molecule has 0 bridgehead atoms. The number of rotatable bonds is 3. The fourth-order valence-corrected chi connectivity index (χ4v) is 4.15. The number of nitrogens with two attached hydrogens (primary N) is 1. The van der Waals surface area contributed by atoms with E-state index >= 15 is 0 Å². The summed E-state index contributed by atoms with van der Waals surface area (Å²) in [5.41, 5.74) is 0. The summed E-state index contributed by atoms with van der Waals surface area (Å²) < 4.78 is 75.3. The van der Waals surface area contributed by atoms with E-state index in [4.69, 9.17) is 5.14 Å². The molecule has 0 saturated carbocycles. The van der Waals surface area contributed by atoms with Crippen LogP contribution in [0.15, 0.2) is 23.1 Å². The number of sulfonamides is 1. The minimum absolute atomic E-state index is 0.144. The van der Waals surface area contributed by atoms with Gasteiger partial charge in [-0.05, 0) is 18.2 Å². The van der Waals surface area contributed by atoms with Gasteiger partial charge in [-0.15, -0.1) is 0 Å². The number of benzene rings is 1. The summed E-state index contributed by atoms with van der Waals surface area (Å²) in [6.07, 6.45) is 0. The van der Waals surface area contributed by atoms with E-state index in [0.717, 1.165) is 20.7 Å². The number of nitrogens with zero attached hydrogens (tertiary/aromatic N) is 2. The van der Waals surface area contributed by atoms with Crippen molar-refractivity contribution in [3.05, 3.63) is 29.8 Å². The molecule has 1 fully saturated rings. The van der Waals surface area contributed by atoms with Gasteiger partial charge >= 0.3 is 0 Å². The van der Waals surface area contributed by atoms with Crippen molar-refractivity contribution in [1.82, 2.24) is 8.61 Å². The monoisotopic (exact) mass is 341 g/mol. The molecule has 1 saturated heterocycles. The van der Waals surface area contributed by atoms with E-state index in [1.165, 1.54) is 0 Å². The maximum absolute atomic E-state index is 13.6. The Hall–Kier alpha value is -1.14. The largest absolute Gasteiger partial charge is 0.276 e. The average Bonchev–Trinajstić information content (AvgIpc) is 2.40. The zero-order valence-corrected chi connectivity index (χ0v) is 12.4. The van der Waals surface area contributed by atoms with Crippen molar-refractivity contribution in [2.75, 3.05) is 26.2 Å². The Morgan fingerprint density at radius 3 is 2.00 bits per heavy atom. The lowest BCUT2D eigenvalue weighted by atomic mass is 10.3. The van der Waals surface area contributed by atoms with Gasteiger partial charge in [-0.2, -0.15) is 17.0 Å². The molecule has 1 aromatic rings. The summed E-state index contributed by atoms with van der Waals surface area (Å²) in [6, 6.07) is 2.13. The lowest BCUT2D eigenvalue weighted by molar-refractivity contribution is 0.272. The first-order valence-electron chi connectivity index (χ1n) is 5.85. The second-order valence-corrected chi connectivity index (χ2v) is 7.88. The number of hydrogen-bond acceptors (Lipinski definition) is 4. The SMILES string of the molecule is NS(=O)(=O)N1CCN(S(=O)(=O)c2cc(F)ccc2F)CC1. The third kappa shape index (κ3) is 3.37. The summed E-state index contributed by atoms with van der Waals surface area (Å²) in [5.74, 6) is -1.94. The predicted molar refractivity (Wildman–Crippen MR) is 69.8 cm³/mol. The summed E-state index contributed by atoms with van der Waals surface area (Å²) in [6.45, 7) is -0.659. The first kappa shape index (κ1) is 16.2. The Morgan fingerprint density at radius 1 is 0.952 bits per heavy atom. The van der Waals surface area contributed by atoms with Gasteiger partial charge in [0.2, 0.25) is 10.0 Å². The summed E-state index contributed by atoms with van der Waals surface area (Å²) in [4.78, 5) is -0.772. The molecule has 0 spiro atoms. The van der Waals surface area contributed by atoms with Crippen molar-refractivity contribution in [1.29, 1.82) is 0 Å². The number of halogens is 2. The van der Waals surface area contributed by atoms with Gasteiger partial charge in [0.05, 0.1) is 0 Å². The molecule has 1 aliphatic heterocycles. The van der Waals surface area contributed by atoms with Gasteiger partial charge < -0.3 is 0 Å². The molecule has 0 radical (unpaired) electrons. The van der Waals surface area contributed by atoms with Gasteiger partial charge in [-0.25, -0.2) is 22.3 Å². The fourth-order valence-electron chi connectivity index (χ4n) is 1.98. The number of piperazine rings is 1. The second kappa shape index (κ2) is 5.57. The molecular weight excluding hydrogens is 328 g/mol. The van der Waals surface area contributed by atoms with Crippen molar-refractivity contribution >= 4 is 20.2 Å². The molecule has 1 aliphatic rings. The van der Waals surface area contributed by atoms with E-state index in [1.807, 2.05) is 0 Å². The van der Waals surface area contributed by atoms with Crippen LogP contribution in [-0.4, -0.2) is 51.6 Å². The molecule has 0 unspecified atom stereocenters. The molecule has 7 nitrogen and oxygen atoms in total. The van der Waals surface area contributed by atoms with Crippen molar-refractivity contribution in [2.24, 2.45) is 5.14 Å². The summed E-state index contributed by atoms with van der Waals surface area (Å²) in [5, 5.41) is 4.94. The molecule has 0 atom stereocenters. The van der Waals surface area contributed by atoms with Crippen LogP contribution in [0.3, 0.4) is 0 Å². The Morgan fingerprint density at radius 2 is 1.48 bits per heavy atom. The Kier molecular flexibility index (Phi) is 4.31. The van der Waals surface area contributed by atoms with Crippen molar-refractivity contribution in [3.8, 4) is 0 Å². The molecule has 118 valence electrons. The molecular formula is C10H13F2N3O4S2. The first-order chi connectivity index (χ1) is 9.62. The number of hydrogen-bond donors (Lipinski definition) is 1. The van der Waals surface area contributed by atoms with E-state index in [2.05, 4.69) is 0 Å². The molecule has 21 heavy (non-hydrogen) atoms. The van der Waals surface area contributed by atoms with Crippen LogP contribution >= 0.6 is 0 Å². The van der Waals surface area contributed by atoms with Gasteiger partial charge in [0.1, 0.15) is 16.5 Å². The minimum Gasteiger partial charge on any atom is -0.216 e. The summed E-state index contributed by atoms with van der Waals surface area (Å²) in [7, 11) is -8.12. The Labute approximate surface area is 121 Å². The zero-order valence-electron chi connectivity index (χ0n) is 10.7. The van der Waals surface area contributed by atoms with Crippen molar-refractivity contribution in [2.45, 2.75) is 4.90 Å². The van der Waals surface area contributed by atoms with Crippen LogP contribution in [0.25, 0.3) is 0 Å². The van der Waals surface area contributed by atoms with Gasteiger partial charge in [0.25, 0.3) is 10.2 Å². The second-order valence-electron chi connectivity index (χ2n) is 4.42. The van der Waals surface area contributed by atoms with Crippen LogP contribution in [0, 0.1) is 11.6 Å². The molecule has 0 amide bonds. The molecule has 2 rings (SSSR count). The van der Waals surface area contributed by atoms with Crippen LogP contribution in [0.4, 0.5) is 8.78 Å². The van der Waals surface area contributed by atoms with Crippen molar-refractivity contribution < 1.29 is 25.6 Å². The van der Waals surface area contributed by atoms with E-state index in [-0.39, 0.29) is 26.2 Å². The Balaban J connectivity index is 2.25. The van der Waals surface area contributed by atoms with Crippen LogP contribution < -0.4 is 5.14 Å². The van der Waals surface area contributed by atoms with Gasteiger partial charge in [0.15, 0.2) is 0 Å². The van der Waals surface area contributed by atoms with E-state index in [0.29, 0.717) is 6.07 Å². The van der Waals surface area contributed by atoms with Crippen LogP contribution in [-0.2, 0) is 20.2 Å². The zero-order chi connectivity index (χ0) is 15.8.